The fourth-order valence-corrected chi connectivity index (χ4v) is 1.70. The minimum Gasteiger partial charge on any atom is -0.369 e. The maximum absolute atomic E-state index is 12.0. The molecule has 1 aromatic rings. The third-order valence-corrected chi connectivity index (χ3v) is 2.41. The van der Waals surface area contributed by atoms with E-state index < -0.39 is 12.6 Å². The number of nitrogens with one attached hydrogen (secondary N) is 1. The Hall–Kier alpha value is -1.04. The molecule has 1 rings (SSSR count). The molecule has 0 unspecified atom stereocenters. The summed E-state index contributed by atoms with van der Waals surface area (Å²) in [6.45, 7) is 3.52. The minimum absolute atomic E-state index is 0.0390. The fourth-order valence-electron chi connectivity index (χ4n) is 1.35. The van der Waals surface area contributed by atoms with Crippen molar-refractivity contribution in [3.05, 3.63) is 17.0 Å². The van der Waals surface area contributed by atoms with E-state index in [0.717, 1.165) is 0 Å². The van der Waals surface area contributed by atoms with E-state index in [1.807, 2.05) is 13.8 Å². The Balaban J connectivity index is 2.74. The van der Waals surface area contributed by atoms with Crippen molar-refractivity contribution in [1.82, 2.24) is 9.97 Å². The van der Waals surface area contributed by atoms with Gasteiger partial charge in [-0.3, -0.25) is 0 Å². The lowest BCUT2D eigenvalue weighted by atomic mass is 10.1. The highest BCUT2D eigenvalue weighted by Gasteiger charge is 2.26. The van der Waals surface area contributed by atoms with E-state index in [2.05, 4.69) is 15.3 Å². The lowest BCUT2D eigenvalue weighted by Gasteiger charge is -2.14. The first kappa shape index (κ1) is 14.0. The highest BCUT2D eigenvalue weighted by Crippen LogP contribution is 2.28. The monoisotopic (exact) mass is 267 g/mol. The molecule has 1 heterocycles. The zero-order chi connectivity index (χ0) is 13.1. The molecule has 7 heteroatoms. The lowest BCUT2D eigenvalue weighted by Crippen LogP contribution is -2.16. The average molecular weight is 268 g/mol. The zero-order valence-corrected chi connectivity index (χ0v) is 10.2. The second kappa shape index (κ2) is 5.53. The third-order valence-electron chi connectivity index (χ3n) is 2.11. The number of rotatable bonds is 4. The number of nitrogens with zero attached hydrogens (tertiary/aromatic N) is 2. The number of anilines is 1. The molecule has 0 saturated heterocycles. The Labute approximate surface area is 102 Å². The lowest BCUT2D eigenvalue weighted by molar-refractivity contribution is -0.131. The van der Waals surface area contributed by atoms with Crippen LogP contribution in [0.1, 0.15) is 31.7 Å². The summed E-state index contributed by atoms with van der Waals surface area (Å²) in [5, 5.41) is 2.90. The van der Waals surface area contributed by atoms with Gasteiger partial charge in [-0.25, -0.2) is 9.97 Å². The number of hydrogen-bond acceptors (Lipinski definition) is 3. The van der Waals surface area contributed by atoms with E-state index in [4.69, 9.17) is 11.6 Å². The molecule has 0 aromatic carbocycles. The average Bonchev–Trinajstić information content (AvgIpc) is 2.14. The quantitative estimate of drug-likeness (QED) is 0.847. The summed E-state index contributed by atoms with van der Waals surface area (Å²) in [6.07, 6.45) is -3.86. The second-order valence-electron chi connectivity index (χ2n) is 3.87. The standard InChI is InChI=1S/C10H13ClF3N3/c1-6(2)7-8(11)16-5-17-9(7)15-4-3-10(12,13)14/h5-6H,3-4H2,1-2H3,(H,15,16,17). The zero-order valence-electron chi connectivity index (χ0n) is 9.48. The first-order valence-corrected chi connectivity index (χ1v) is 5.50. The number of aromatic nitrogens is 2. The third kappa shape index (κ3) is 4.38. The fraction of sp³-hybridized carbons (Fsp3) is 0.600. The highest BCUT2D eigenvalue weighted by molar-refractivity contribution is 6.30. The normalized spacial score (nSPS) is 11.9. The molecule has 96 valence electrons. The summed E-state index contributed by atoms with van der Waals surface area (Å²) in [5.41, 5.74) is 0.636. The van der Waals surface area contributed by atoms with E-state index >= 15 is 0 Å². The summed E-state index contributed by atoms with van der Waals surface area (Å²) >= 11 is 5.88. The van der Waals surface area contributed by atoms with Crippen molar-refractivity contribution in [1.29, 1.82) is 0 Å². The maximum atomic E-state index is 12.0. The van der Waals surface area contributed by atoms with Crippen LogP contribution in [0.4, 0.5) is 19.0 Å². The van der Waals surface area contributed by atoms with Gasteiger partial charge in [0.15, 0.2) is 0 Å². The molecule has 0 atom stereocenters. The Bertz CT molecular complexity index is 380. The van der Waals surface area contributed by atoms with Gasteiger partial charge in [-0.05, 0) is 5.92 Å². The molecule has 0 saturated carbocycles. The van der Waals surface area contributed by atoms with Crippen LogP contribution in [0.2, 0.25) is 5.15 Å². The summed E-state index contributed by atoms with van der Waals surface area (Å²) in [6, 6.07) is 0. The van der Waals surface area contributed by atoms with Crippen LogP contribution in [-0.4, -0.2) is 22.7 Å². The van der Waals surface area contributed by atoms with E-state index in [-0.39, 0.29) is 17.6 Å². The summed E-state index contributed by atoms with van der Waals surface area (Å²) < 4.78 is 36.0. The largest absolute Gasteiger partial charge is 0.390 e. The van der Waals surface area contributed by atoms with Crippen LogP contribution in [0.5, 0.6) is 0 Å². The van der Waals surface area contributed by atoms with Crippen LogP contribution in [0.25, 0.3) is 0 Å². The van der Waals surface area contributed by atoms with Crippen molar-refractivity contribution >= 4 is 17.4 Å². The number of halogens is 4. The summed E-state index contributed by atoms with van der Waals surface area (Å²) in [5.74, 6) is 0.404. The van der Waals surface area contributed by atoms with Gasteiger partial charge in [0.05, 0.1) is 6.42 Å². The van der Waals surface area contributed by atoms with Gasteiger partial charge < -0.3 is 5.32 Å². The molecule has 3 nitrogen and oxygen atoms in total. The molecule has 17 heavy (non-hydrogen) atoms. The van der Waals surface area contributed by atoms with E-state index in [9.17, 15) is 13.2 Å². The van der Waals surface area contributed by atoms with Crippen LogP contribution < -0.4 is 5.32 Å². The van der Waals surface area contributed by atoms with Gasteiger partial charge >= 0.3 is 6.18 Å². The number of alkyl halides is 3. The molecular formula is C10H13ClF3N3. The maximum Gasteiger partial charge on any atom is 0.390 e. The Kier molecular flexibility index (Phi) is 4.56. The summed E-state index contributed by atoms with van der Waals surface area (Å²) in [4.78, 5) is 7.72. The van der Waals surface area contributed by atoms with Crippen LogP contribution in [0, 0.1) is 0 Å². The molecule has 0 aliphatic heterocycles. The van der Waals surface area contributed by atoms with E-state index in [1.54, 1.807) is 0 Å². The predicted molar refractivity (Wildman–Crippen MR) is 60.3 cm³/mol. The van der Waals surface area contributed by atoms with Gasteiger partial charge in [-0.1, -0.05) is 25.4 Å². The van der Waals surface area contributed by atoms with Crippen molar-refractivity contribution in [3.63, 3.8) is 0 Å². The number of hydrogen-bond donors (Lipinski definition) is 1. The molecule has 0 bridgehead atoms. The minimum atomic E-state index is -4.18. The first-order chi connectivity index (χ1) is 7.81. The molecule has 0 spiro atoms. The highest BCUT2D eigenvalue weighted by atomic mass is 35.5. The van der Waals surface area contributed by atoms with Crippen LogP contribution >= 0.6 is 11.6 Å². The Morgan fingerprint density at radius 3 is 2.53 bits per heavy atom. The van der Waals surface area contributed by atoms with Gasteiger partial charge in [0, 0.05) is 12.1 Å². The van der Waals surface area contributed by atoms with Crippen molar-refractivity contribution in [3.8, 4) is 0 Å². The van der Waals surface area contributed by atoms with E-state index in [1.165, 1.54) is 6.33 Å². The molecule has 1 aromatic heterocycles. The SMILES string of the molecule is CC(C)c1c(Cl)ncnc1NCCC(F)(F)F. The second-order valence-corrected chi connectivity index (χ2v) is 4.23. The van der Waals surface area contributed by atoms with Crippen molar-refractivity contribution in [2.45, 2.75) is 32.4 Å². The van der Waals surface area contributed by atoms with Gasteiger partial charge in [0.2, 0.25) is 0 Å². The molecule has 0 aliphatic rings. The predicted octanol–water partition coefficient (Wildman–Crippen LogP) is 3.62. The Morgan fingerprint density at radius 2 is 2.00 bits per heavy atom. The van der Waals surface area contributed by atoms with Crippen molar-refractivity contribution in [2.24, 2.45) is 0 Å². The first-order valence-electron chi connectivity index (χ1n) is 5.12. The summed E-state index contributed by atoms with van der Waals surface area (Å²) in [7, 11) is 0. The van der Waals surface area contributed by atoms with Crippen molar-refractivity contribution in [2.75, 3.05) is 11.9 Å². The topological polar surface area (TPSA) is 37.8 Å². The van der Waals surface area contributed by atoms with Crippen LogP contribution in [-0.2, 0) is 0 Å². The van der Waals surface area contributed by atoms with Gasteiger partial charge in [0.1, 0.15) is 17.3 Å². The molecule has 0 amide bonds. The van der Waals surface area contributed by atoms with Gasteiger partial charge in [-0.15, -0.1) is 0 Å². The smallest absolute Gasteiger partial charge is 0.369 e. The molecule has 0 aliphatic carbocycles. The Morgan fingerprint density at radius 1 is 1.35 bits per heavy atom. The molecular weight excluding hydrogens is 255 g/mol. The van der Waals surface area contributed by atoms with E-state index in [0.29, 0.717) is 11.4 Å². The van der Waals surface area contributed by atoms with Crippen molar-refractivity contribution < 1.29 is 13.2 Å². The molecule has 1 N–H and O–H groups in total. The van der Waals surface area contributed by atoms with Crippen LogP contribution in [0.3, 0.4) is 0 Å². The molecule has 0 fully saturated rings. The molecule has 0 radical (unpaired) electrons. The van der Waals surface area contributed by atoms with Crippen LogP contribution in [0.15, 0.2) is 6.33 Å². The van der Waals surface area contributed by atoms with Gasteiger partial charge in [0.25, 0.3) is 0 Å². The van der Waals surface area contributed by atoms with Gasteiger partial charge in [-0.2, -0.15) is 13.2 Å².